The Morgan fingerprint density at radius 2 is 2.31 bits per heavy atom. The van der Waals surface area contributed by atoms with E-state index in [1.165, 1.54) is 24.1 Å². The first kappa shape index (κ1) is 8.00. The van der Waals surface area contributed by atoms with Crippen LogP contribution in [0.1, 0.15) is 30.1 Å². The second-order valence-corrected chi connectivity index (χ2v) is 4.45. The molecule has 1 aromatic heterocycles. The quantitative estimate of drug-likeness (QED) is 0.754. The van der Waals surface area contributed by atoms with Crippen LogP contribution in [0.3, 0.4) is 0 Å². The first-order valence-corrected chi connectivity index (χ1v) is 5.49. The minimum atomic E-state index is 0.679. The van der Waals surface area contributed by atoms with Crippen LogP contribution in [-0.2, 0) is 17.8 Å². The standard InChI is InChI=1S/C9H11BrN2O/c10-9-7-5-13-4-3-8(7)12(11-9)6-1-2-6/h6H,1-5H2. The third kappa shape index (κ3) is 1.23. The fraction of sp³-hybridized carbons (Fsp3) is 0.667. The predicted molar refractivity (Wildman–Crippen MR) is 51.6 cm³/mol. The van der Waals surface area contributed by atoms with E-state index < -0.39 is 0 Å². The highest BCUT2D eigenvalue weighted by Crippen LogP contribution is 2.38. The normalized spacial score (nSPS) is 21.6. The van der Waals surface area contributed by atoms with Gasteiger partial charge in [0.25, 0.3) is 0 Å². The second-order valence-electron chi connectivity index (χ2n) is 3.69. The van der Waals surface area contributed by atoms with E-state index in [1.807, 2.05) is 0 Å². The van der Waals surface area contributed by atoms with Gasteiger partial charge in [-0.05, 0) is 28.8 Å². The molecule has 0 amide bonds. The number of rotatable bonds is 1. The van der Waals surface area contributed by atoms with Gasteiger partial charge in [0.05, 0.1) is 19.3 Å². The van der Waals surface area contributed by atoms with Crippen LogP contribution in [0.2, 0.25) is 0 Å². The van der Waals surface area contributed by atoms with E-state index in [1.54, 1.807) is 0 Å². The second kappa shape index (κ2) is 2.82. The molecule has 0 saturated heterocycles. The molecule has 0 N–H and O–H groups in total. The van der Waals surface area contributed by atoms with Crippen molar-refractivity contribution in [3.63, 3.8) is 0 Å². The van der Waals surface area contributed by atoms with E-state index in [0.717, 1.165) is 24.2 Å². The van der Waals surface area contributed by atoms with Crippen molar-refractivity contribution in [1.29, 1.82) is 0 Å². The molecule has 0 unspecified atom stereocenters. The van der Waals surface area contributed by atoms with Crippen molar-refractivity contribution >= 4 is 15.9 Å². The highest BCUT2D eigenvalue weighted by Gasteiger charge is 2.30. The van der Waals surface area contributed by atoms with Crippen LogP contribution < -0.4 is 0 Å². The fourth-order valence-corrected chi connectivity index (χ4v) is 2.36. The Labute approximate surface area is 85.2 Å². The summed E-state index contributed by atoms with van der Waals surface area (Å²) in [5.74, 6) is 0. The molecule has 1 fully saturated rings. The van der Waals surface area contributed by atoms with Crippen molar-refractivity contribution in [2.24, 2.45) is 0 Å². The highest BCUT2D eigenvalue weighted by atomic mass is 79.9. The topological polar surface area (TPSA) is 27.1 Å². The number of ether oxygens (including phenoxy) is 1. The third-order valence-electron chi connectivity index (χ3n) is 2.69. The summed E-state index contributed by atoms with van der Waals surface area (Å²) >= 11 is 3.49. The SMILES string of the molecule is Brc1nn(C2CC2)c2c1COCC2. The van der Waals surface area contributed by atoms with E-state index >= 15 is 0 Å². The van der Waals surface area contributed by atoms with Gasteiger partial charge in [0, 0.05) is 17.7 Å². The molecule has 2 aliphatic rings. The summed E-state index contributed by atoms with van der Waals surface area (Å²) in [6, 6.07) is 0.679. The van der Waals surface area contributed by atoms with Gasteiger partial charge in [-0.2, -0.15) is 5.10 Å². The Hall–Kier alpha value is -0.350. The molecule has 4 heteroatoms. The van der Waals surface area contributed by atoms with Gasteiger partial charge in [0.2, 0.25) is 0 Å². The maximum atomic E-state index is 5.41. The zero-order valence-electron chi connectivity index (χ0n) is 7.29. The summed E-state index contributed by atoms with van der Waals surface area (Å²) in [7, 11) is 0. The lowest BCUT2D eigenvalue weighted by Gasteiger charge is -2.14. The summed E-state index contributed by atoms with van der Waals surface area (Å²) in [5.41, 5.74) is 2.65. The van der Waals surface area contributed by atoms with Gasteiger partial charge in [0.1, 0.15) is 4.60 Å². The van der Waals surface area contributed by atoms with Crippen LogP contribution >= 0.6 is 15.9 Å². The minimum absolute atomic E-state index is 0.679. The van der Waals surface area contributed by atoms with E-state index in [-0.39, 0.29) is 0 Å². The monoisotopic (exact) mass is 242 g/mol. The molecule has 0 aromatic carbocycles. The summed E-state index contributed by atoms with van der Waals surface area (Å²) in [6.07, 6.45) is 3.60. The van der Waals surface area contributed by atoms with Crippen LogP contribution in [0, 0.1) is 0 Å². The summed E-state index contributed by atoms with van der Waals surface area (Å²) < 4.78 is 8.58. The summed E-state index contributed by atoms with van der Waals surface area (Å²) in [5, 5.41) is 4.51. The first-order valence-electron chi connectivity index (χ1n) is 4.70. The fourth-order valence-electron chi connectivity index (χ4n) is 1.85. The van der Waals surface area contributed by atoms with Gasteiger partial charge < -0.3 is 4.74 Å². The van der Waals surface area contributed by atoms with Gasteiger partial charge in [-0.3, -0.25) is 4.68 Å². The van der Waals surface area contributed by atoms with E-state index in [4.69, 9.17) is 4.74 Å². The number of nitrogens with zero attached hydrogens (tertiary/aromatic N) is 2. The predicted octanol–water partition coefficient (Wildman–Crippen LogP) is 2.05. The van der Waals surface area contributed by atoms with Crippen LogP contribution in [0.5, 0.6) is 0 Å². The largest absolute Gasteiger partial charge is 0.376 e. The molecular formula is C9H11BrN2O. The number of halogens is 1. The number of hydrogen-bond acceptors (Lipinski definition) is 2. The smallest absolute Gasteiger partial charge is 0.133 e. The van der Waals surface area contributed by atoms with Crippen LogP contribution in [0.4, 0.5) is 0 Å². The zero-order valence-corrected chi connectivity index (χ0v) is 8.88. The lowest BCUT2D eigenvalue weighted by atomic mass is 10.2. The van der Waals surface area contributed by atoms with Crippen molar-refractivity contribution in [3.05, 3.63) is 15.9 Å². The molecule has 13 heavy (non-hydrogen) atoms. The molecule has 0 bridgehead atoms. The van der Waals surface area contributed by atoms with Crippen LogP contribution in [0.15, 0.2) is 4.60 Å². The molecule has 1 aromatic rings. The Kier molecular flexibility index (Phi) is 1.73. The maximum absolute atomic E-state index is 5.41. The van der Waals surface area contributed by atoms with Crippen molar-refractivity contribution in [2.45, 2.75) is 31.9 Å². The van der Waals surface area contributed by atoms with Crippen molar-refractivity contribution in [2.75, 3.05) is 6.61 Å². The van der Waals surface area contributed by atoms with Gasteiger partial charge >= 0.3 is 0 Å². The average molecular weight is 243 g/mol. The van der Waals surface area contributed by atoms with E-state index in [0.29, 0.717) is 6.04 Å². The molecule has 0 atom stereocenters. The van der Waals surface area contributed by atoms with Gasteiger partial charge in [0.15, 0.2) is 0 Å². The van der Waals surface area contributed by atoms with E-state index in [9.17, 15) is 0 Å². The Morgan fingerprint density at radius 3 is 3.08 bits per heavy atom. The van der Waals surface area contributed by atoms with Crippen LogP contribution in [0.25, 0.3) is 0 Å². The van der Waals surface area contributed by atoms with Gasteiger partial charge in [-0.25, -0.2) is 0 Å². The van der Waals surface area contributed by atoms with Crippen molar-refractivity contribution < 1.29 is 4.74 Å². The van der Waals surface area contributed by atoms with Gasteiger partial charge in [-0.15, -0.1) is 0 Å². The lowest BCUT2D eigenvalue weighted by Crippen LogP contribution is -2.13. The van der Waals surface area contributed by atoms with Crippen molar-refractivity contribution in [1.82, 2.24) is 9.78 Å². The summed E-state index contributed by atoms with van der Waals surface area (Å²) in [4.78, 5) is 0. The molecule has 2 heterocycles. The molecule has 70 valence electrons. The number of fused-ring (bicyclic) bond motifs is 1. The molecule has 3 nitrogen and oxygen atoms in total. The molecule has 1 saturated carbocycles. The lowest BCUT2D eigenvalue weighted by molar-refractivity contribution is 0.108. The Balaban J connectivity index is 2.09. The van der Waals surface area contributed by atoms with Gasteiger partial charge in [-0.1, -0.05) is 0 Å². The molecule has 1 aliphatic carbocycles. The minimum Gasteiger partial charge on any atom is -0.376 e. The molecular weight excluding hydrogens is 232 g/mol. The maximum Gasteiger partial charge on any atom is 0.133 e. The summed E-state index contributed by atoms with van der Waals surface area (Å²) in [6.45, 7) is 1.57. The number of hydrogen-bond donors (Lipinski definition) is 0. The zero-order chi connectivity index (χ0) is 8.84. The molecule has 0 spiro atoms. The first-order chi connectivity index (χ1) is 6.36. The van der Waals surface area contributed by atoms with Crippen LogP contribution in [-0.4, -0.2) is 16.4 Å². The van der Waals surface area contributed by atoms with Crippen molar-refractivity contribution in [3.8, 4) is 0 Å². The Morgan fingerprint density at radius 1 is 1.46 bits per heavy atom. The molecule has 0 radical (unpaired) electrons. The molecule has 3 rings (SSSR count). The average Bonchev–Trinajstić information content (AvgIpc) is 2.94. The Bertz CT molecular complexity index is 344. The molecule has 1 aliphatic heterocycles. The third-order valence-corrected chi connectivity index (χ3v) is 3.33. The van der Waals surface area contributed by atoms with E-state index in [2.05, 4.69) is 25.7 Å². The number of aromatic nitrogens is 2. The highest BCUT2D eigenvalue weighted by molar-refractivity contribution is 9.10.